The van der Waals surface area contributed by atoms with E-state index in [0.29, 0.717) is 11.4 Å². The number of hydrogen-bond acceptors (Lipinski definition) is 0. The molecule has 0 aliphatic rings. The Bertz CT molecular complexity index is 3420. The lowest BCUT2D eigenvalue weighted by Crippen LogP contribution is -2.00. The Labute approximate surface area is 316 Å². The van der Waals surface area contributed by atoms with Crippen LogP contribution < -0.4 is 0 Å². The standard InChI is InChI=1S/C50H29N5/c1-51-40-29-26-32(30-49(40)55-46-24-12-7-18-39(46)50-41(52-2)19-13-25-47(50)55)34-14-3-8-20-42(34)54-45-23-11-6-17-37(45)38-28-27-33(31-48(38)54)53-43-21-9-4-15-35(43)36-16-5-10-22-44(36)53/h3-31H. The summed E-state index contributed by atoms with van der Waals surface area (Å²) < 4.78 is 6.91. The molecule has 0 N–H and O–H groups in total. The van der Waals surface area contributed by atoms with E-state index in [1.54, 1.807) is 0 Å². The first kappa shape index (κ1) is 30.7. The van der Waals surface area contributed by atoms with Crippen molar-refractivity contribution in [1.82, 2.24) is 13.7 Å². The van der Waals surface area contributed by atoms with Gasteiger partial charge in [0.05, 0.1) is 52.1 Å². The number of benzene rings is 8. The summed E-state index contributed by atoms with van der Waals surface area (Å²) in [5.74, 6) is 0. The van der Waals surface area contributed by atoms with E-state index in [4.69, 9.17) is 13.1 Å². The maximum atomic E-state index is 8.23. The maximum Gasteiger partial charge on any atom is 0.210 e. The highest BCUT2D eigenvalue weighted by atomic mass is 15.0. The second kappa shape index (κ2) is 11.8. The Morgan fingerprint density at radius 3 is 1.55 bits per heavy atom. The molecular weight excluding hydrogens is 671 g/mol. The SMILES string of the molecule is [C-]#[N+]c1ccc(-c2ccccc2-n2c3ccccc3c3ccc(-n4c5ccccc5c5ccccc54)cc32)cc1-n1c2ccccc2c2c([N+]#[C-])cccc21. The second-order valence-corrected chi connectivity index (χ2v) is 13.9. The van der Waals surface area contributed by atoms with Gasteiger partial charge in [0.25, 0.3) is 0 Å². The van der Waals surface area contributed by atoms with E-state index in [0.717, 1.165) is 61.0 Å². The van der Waals surface area contributed by atoms with E-state index >= 15 is 0 Å². The molecule has 0 fully saturated rings. The van der Waals surface area contributed by atoms with Gasteiger partial charge in [-0.2, -0.15) is 0 Å². The summed E-state index contributed by atoms with van der Waals surface area (Å²) in [6, 6.07) is 61.4. The van der Waals surface area contributed by atoms with Gasteiger partial charge in [-0.25, -0.2) is 9.69 Å². The van der Waals surface area contributed by atoms with Gasteiger partial charge in [-0.3, -0.25) is 0 Å². The molecule has 5 heteroatoms. The molecule has 0 bridgehead atoms. The normalized spacial score (nSPS) is 11.6. The van der Waals surface area contributed by atoms with Gasteiger partial charge in [0.1, 0.15) is 0 Å². The average molecular weight is 700 g/mol. The molecular formula is C50H29N5. The van der Waals surface area contributed by atoms with Gasteiger partial charge in [0, 0.05) is 43.7 Å². The summed E-state index contributed by atoms with van der Waals surface area (Å²) in [5, 5.41) is 6.73. The molecule has 0 saturated carbocycles. The minimum atomic E-state index is 0.546. The third-order valence-electron chi connectivity index (χ3n) is 11.1. The smallest absolute Gasteiger partial charge is 0.210 e. The zero-order valence-corrected chi connectivity index (χ0v) is 29.5. The molecule has 8 aromatic carbocycles. The molecule has 3 heterocycles. The third-order valence-corrected chi connectivity index (χ3v) is 11.1. The van der Waals surface area contributed by atoms with Crippen molar-refractivity contribution in [3.05, 3.63) is 199 Å². The highest BCUT2D eigenvalue weighted by Crippen LogP contribution is 2.43. The summed E-state index contributed by atoms with van der Waals surface area (Å²) in [6.07, 6.45) is 0. The molecule has 0 aliphatic carbocycles. The van der Waals surface area contributed by atoms with Crippen molar-refractivity contribution in [2.75, 3.05) is 0 Å². The third kappa shape index (κ3) is 4.39. The van der Waals surface area contributed by atoms with E-state index in [2.05, 4.69) is 163 Å². The number of para-hydroxylation sites is 5. The summed E-state index contributed by atoms with van der Waals surface area (Å²) in [7, 11) is 0. The lowest BCUT2D eigenvalue weighted by atomic mass is 10.0. The van der Waals surface area contributed by atoms with Crippen molar-refractivity contribution in [3.63, 3.8) is 0 Å². The van der Waals surface area contributed by atoms with Crippen LogP contribution in [0.25, 0.3) is 103 Å². The molecule has 11 rings (SSSR count). The first-order valence-corrected chi connectivity index (χ1v) is 18.3. The fourth-order valence-electron chi connectivity index (χ4n) is 8.79. The second-order valence-electron chi connectivity index (χ2n) is 13.9. The molecule has 254 valence electrons. The Kier molecular flexibility index (Phi) is 6.61. The molecule has 0 unspecified atom stereocenters. The van der Waals surface area contributed by atoms with Crippen LogP contribution in [0.1, 0.15) is 0 Å². The van der Waals surface area contributed by atoms with Crippen LogP contribution in [0.2, 0.25) is 0 Å². The summed E-state index contributed by atoms with van der Waals surface area (Å²) in [6.45, 7) is 16.2. The van der Waals surface area contributed by atoms with Crippen molar-refractivity contribution >= 4 is 76.8 Å². The van der Waals surface area contributed by atoms with Gasteiger partial charge >= 0.3 is 0 Å². The number of hydrogen-bond donors (Lipinski definition) is 0. The van der Waals surface area contributed by atoms with Crippen molar-refractivity contribution in [2.45, 2.75) is 0 Å². The minimum Gasteiger partial charge on any atom is -0.320 e. The minimum absolute atomic E-state index is 0.546. The van der Waals surface area contributed by atoms with E-state index in [1.807, 2.05) is 36.4 Å². The molecule has 5 nitrogen and oxygen atoms in total. The Morgan fingerprint density at radius 2 is 0.873 bits per heavy atom. The van der Waals surface area contributed by atoms with Crippen molar-refractivity contribution in [1.29, 1.82) is 0 Å². The van der Waals surface area contributed by atoms with Gasteiger partial charge < -0.3 is 13.7 Å². The topological polar surface area (TPSA) is 23.5 Å². The van der Waals surface area contributed by atoms with Crippen LogP contribution in [-0.2, 0) is 0 Å². The highest BCUT2D eigenvalue weighted by molar-refractivity contribution is 6.16. The molecule has 3 aromatic heterocycles. The quantitative estimate of drug-likeness (QED) is 0.163. The molecule has 55 heavy (non-hydrogen) atoms. The summed E-state index contributed by atoms with van der Waals surface area (Å²) in [4.78, 5) is 7.89. The van der Waals surface area contributed by atoms with Gasteiger partial charge in [-0.15, -0.1) is 0 Å². The Hall–Kier alpha value is -7.86. The monoisotopic (exact) mass is 699 g/mol. The van der Waals surface area contributed by atoms with Gasteiger partial charge in [0.2, 0.25) is 5.69 Å². The van der Waals surface area contributed by atoms with Gasteiger partial charge in [-0.05, 0) is 65.5 Å². The van der Waals surface area contributed by atoms with E-state index < -0.39 is 0 Å². The largest absolute Gasteiger partial charge is 0.320 e. The fourth-order valence-corrected chi connectivity index (χ4v) is 8.79. The van der Waals surface area contributed by atoms with Crippen LogP contribution in [0.15, 0.2) is 176 Å². The molecule has 0 aliphatic heterocycles. The lowest BCUT2D eigenvalue weighted by molar-refractivity contribution is 1.15. The van der Waals surface area contributed by atoms with Crippen molar-refractivity contribution < 1.29 is 0 Å². The average Bonchev–Trinajstić information content (AvgIpc) is 3.89. The molecule has 0 atom stereocenters. The van der Waals surface area contributed by atoms with Gasteiger partial charge in [0.15, 0.2) is 5.69 Å². The van der Waals surface area contributed by atoms with Gasteiger partial charge in [-0.1, -0.05) is 121 Å². The van der Waals surface area contributed by atoms with E-state index in [-0.39, 0.29) is 0 Å². The number of nitrogens with zero attached hydrogens (tertiary/aromatic N) is 5. The first-order valence-electron chi connectivity index (χ1n) is 18.3. The van der Waals surface area contributed by atoms with Crippen LogP contribution in [0.3, 0.4) is 0 Å². The maximum absolute atomic E-state index is 8.23. The number of rotatable bonds is 4. The van der Waals surface area contributed by atoms with Crippen molar-refractivity contribution in [2.24, 2.45) is 0 Å². The molecule has 0 radical (unpaired) electrons. The van der Waals surface area contributed by atoms with E-state index in [9.17, 15) is 0 Å². The van der Waals surface area contributed by atoms with Crippen LogP contribution in [0, 0.1) is 13.1 Å². The summed E-state index contributed by atoms with van der Waals surface area (Å²) >= 11 is 0. The predicted molar refractivity (Wildman–Crippen MR) is 227 cm³/mol. The Morgan fingerprint density at radius 1 is 0.345 bits per heavy atom. The van der Waals surface area contributed by atoms with Crippen LogP contribution >= 0.6 is 0 Å². The van der Waals surface area contributed by atoms with Crippen LogP contribution in [-0.4, -0.2) is 13.7 Å². The molecule has 0 saturated heterocycles. The summed E-state index contributed by atoms with van der Waals surface area (Å²) in [5.41, 5.74) is 12.6. The van der Waals surface area contributed by atoms with E-state index in [1.165, 1.54) is 32.6 Å². The molecule has 11 aromatic rings. The number of fused-ring (bicyclic) bond motifs is 9. The lowest BCUT2D eigenvalue weighted by Gasteiger charge is -2.17. The highest BCUT2D eigenvalue weighted by Gasteiger charge is 2.21. The molecule has 0 spiro atoms. The predicted octanol–water partition coefficient (Wildman–Crippen LogP) is 13.7. The van der Waals surface area contributed by atoms with Crippen LogP contribution in [0.5, 0.6) is 0 Å². The zero-order valence-electron chi connectivity index (χ0n) is 29.5. The first-order chi connectivity index (χ1) is 27.2. The van der Waals surface area contributed by atoms with Crippen LogP contribution in [0.4, 0.5) is 11.4 Å². The van der Waals surface area contributed by atoms with Crippen molar-refractivity contribution in [3.8, 4) is 28.2 Å². The molecule has 0 amide bonds. The fraction of sp³-hybridized carbons (Fsp3) is 0. The zero-order chi connectivity index (χ0) is 36.6. The Balaban J connectivity index is 1.17. The number of aromatic nitrogens is 3.